The van der Waals surface area contributed by atoms with Gasteiger partial charge in [-0.15, -0.1) is 0 Å². The second-order valence-electron chi connectivity index (χ2n) is 7.18. The Hall–Kier alpha value is -3.10. The summed E-state index contributed by atoms with van der Waals surface area (Å²) in [6.07, 6.45) is -0.823. The zero-order valence-corrected chi connectivity index (χ0v) is 16.1. The van der Waals surface area contributed by atoms with Crippen molar-refractivity contribution in [1.29, 1.82) is 0 Å². The highest BCUT2D eigenvalue weighted by molar-refractivity contribution is 6.05. The van der Waals surface area contributed by atoms with Crippen molar-refractivity contribution < 1.29 is 24.2 Å². The summed E-state index contributed by atoms with van der Waals surface area (Å²) >= 11 is 0. The number of amides is 2. The van der Waals surface area contributed by atoms with Gasteiger partial charge in [0.05, 0.1) is 19.0 Å². The second-order valence-corrected chi connectivity index (χ2v) is 7.18. The maximum Gasteiger partial charge on any atom is 0.407 e. The largest absolute Gasteiger partial charge is 0.469 e. The molecule has 1 aliphatic heterocycles. The molecule has 0 spiro atoms. The minimum Gasteiger partial charge on any atom is -0.469 e. The number of ether oxygens (including phenoxy) is 1. The molecule has 2 amide bonds. The van der Waals surface area contributed by atoms with Crippen LogP contribution >= 0.6 is 0 Å². The van der Waals surface area contributed by atoms with Crippen LogP contribution in [0.5, 0.6) is 0 Å². The number of benzene rings is 1. The molecule has 0 saturated carbocycles. The van der Waals surface area contributed by atoms with E-state index in [9.17, 15) is 19.5 Å². The van der Waals surface area contributed by atoms with Crippen LogP contribution in [0.4, 0.5) is 4.79 Å². The number of para-hydroxylation sites is 1. The lowest BCUT2D eigenvalue weighted by Crippen LogP contribution is -2.39. The summed E-state index contributed by atoms with van der Waals surface area (Å²) in [5.74, 6) is -0.838. The maximum absolute atomic E-state index is 12.9. The van der Waals surface area contributed by atoms with Crippen LogP contribution in [0.2, 0.25) is 0 Å². The van der Waals surface area contributed by atoms with Crippen molar-refractivity contribution in [2.75, 3.05) is 13.7 Å². The molecule has 0 bridgehead atoms. The molecule has 2 atom stereocenters. The van der Waals surface area contributed by atoms with Crippen LogP contribution in [-0.2, 0) is 9.53 Å². The molecule has 1 aromatic carbocycles. The number of carboxylic acid groups (broad SMARTS) is 1. The summed E-state index contributed by atoms with van der Waals surface area (Å²) in [5.41, 5.74) is 1.17. The van der Waals surface area contributed by atoms with Crippen molar-refractivity contribution in [1.82, 2.24) is 20.0 Å². The van der Waals surface area contributed by atoms with Crippen LogP contribution in [-0.4, -0.2) is 63.5 Å². The van der Waals surface area contributed by atoms with Gasteiger partial charge in [0.25, 0.3) is 5.91 Å². The standard InChI is InChI=1S/C19H24N4O5/c1-11(2)23-15-7-5-4-6-14(15)17(21-23)18(25)20-12-8-13(9-16(24)28-3)22(10-12)19(26)27/h4-7,11-13H,8-10H2,1-3H3,(H,20,25)(H,26,27)/t12-,13-/m0/s1. The first-order chi connectivity index (χ1) is 13.3. The normalized spacial score (nSPS) is 19.2. The molecule has 1 saturated heterocycles. The van der Waals surface area contributed by atoms with Gasteiger partial charge in [-0.1, -0.05) is 18.2 Å². The lowest BCUT2D eigenvalue weighted by molar-refractivity contribution is -0.141. The third-order valence-corrected chi connectivity index (χ3v) is 4.94. The number of rotatable bonds is 5. The highest BCUT2D eigenvalue weighted by Crippen LogP contribution is 2.24. The van der Waals surface area contributed by atoms with E-state index < -0.39 is 24.1 Å². The fraction of sp³-hybridized carbons (Fsp3) is 0.474. The van der Waals surface area contributed by atoms with E-state index in [1.54, 1.807) is 4.68 Å². The van der Waals surface area contributed by atoms with Crippen LogP contribution in [0.25, 0.3) is 10.9 Å². The molecule has 1 aromatic heterocycles. The molecule has 0 radical (unpaired) electrons. The Morgan fingerprint density at radius 1 is 1.32 bits per heavy atom. The van der Waals surface area contributed by atoms with Crippen LogP contribution in [0.15, 0.2) is 24.3 Å². The van der Waals surface area contributed by atoms with Crippen molar-refractivity contribution in [3.63, 3.8) is 0 Å². The molecule has 2 N–H and O–H groups in total. The monoisotopic (exact) mass is 388 g/mol. The summed E-state index contributed by atoms with van der Waals surface area (Å²) in [7, 11) is 1.26. The Labute approximate surface area is 162 Å². The fourth-order valence-corrected chi connectivity index (χ4v) is 3.63. The Morgan fingerprint density at radius 3 is 2.68 bits per heavy atom. The highest BCUT2D eigenvalue weighted by atomic mass is 16.5. The van der Waals surface area contributed by atoms with E-state index in [4.69, 9.17) is 0 Å². The van der Waals surface area contributed by atoms with Crippen molar-refractivity contribution in [3.8, 4) is 0 Å². The first-order valence-electron chi connectivity index (χ1n) is 9.16. The number of fused-ring (bicyclic) bond motifs is 1. The molecular weight excluding hydrogens is 364 g/mol. The average molecular weight is 388 g/mol. The zero-order chi connectivity index (χ0) is 20.4. The van der Waals surface area contributed by atoms with Crippen molar-refractivity contribution >= 4 is 28.9 Å². The van der Waals surface area contributed by atoms with E-state index >= 15 is 0 Å². The highest BCUT2D eigenvalue weighted by Gasteiger charge is 2.37. The van der Waals surface area contributed by atoms with Gasteiger partial charge in [0.1, 0.15) is 0 Å². The smallest absolute Gasteiger partial charge is 0.407 e. The molecule has 1 aliphatic rings. The van der Waals surface area contributed by atoms with Crippen LogP contribution in [0.1, 0.15) is 43.2 Å². The fourth-order valence-electron chi connectivity index (χ4n) is 3.63. The third-order valence-electron chi connectivity index (χ3n) is 4.94. The van der Waals surface area contributed by atoms with Gasteiger partial charge < -0.3 is 20.1 Å². The molecule has 3 rings (SSSR count). The van der Waals surface area contributed by atoms with E-state index in [1.807, 2.05) is 38.1 Å². The predicted molar refractivity (Wildman–Crippen MR) is 101 cm³/mol. The molecule has 9 nitrogen and oxygen atoms in total. The Balaban J connectivity index is 1.79. The number of likely N-dealkylation sites (tertiary alicyclic amines) is 1. The van der Waals surface area contributed by atoms with Crippen molar-refractivity contribution in [2.45, 2.75) is 44.8 Å². The number of aromatic nitrogens is 2. The molecular formula is C19H24N4O5. The molecule has 0 aliphatic carbocycles. The van der Waals surface area contributed by atoms with Gasteiger partial charge in [0.2, 0.25) is 0 Å². The molecule has 28 heavy (non-hydrogen) atoms. The van der Waals surface area contributed by atoms with Gasteiger partial charge in [-0.05, 0) is 26.3 Å². The Bertz CT molecular complexity index is 907. The topological polar surface area (TPSA) is 114 Å². The number of carbonyl (C=O) groups is 3. The van der Waals surface area contributed by atoms with Crippen LogP contribution in [0.3, 0.4) is 0 Å². The second kappa shape index (κ2) is 7.87. The van der Waals surface area contributed by atoms with Gasteiger partial charge in [-0.3, -0.25) is 14.3 Å². The van der Waals surface area contributed by atoms with E-state index in [1.165, 1.54) is 12.0 Å². The summed E-state index contributed by atoms with van der Waals surface area (Å²) < 4.78 is 6.43. The van der Waals surface area contributed by atoms with Crippen molar-refractivity contribution in [2.24, 2.45) is 0 Å². The number of esters is 1. The molecule has 150 valence electrons. The van der Waals surface area contributed by atoms with Gasteiger partial charge >= 0.3 is 12.1 Å². The van der Waals surface area contributed by atoms with E-state index in [-0.39, 0.29) is 24.9 Å². The summed E-state index contributed by atoms with van der Waals surface area (Å²) in [4.78, 5) is 37.1. The minimum absolute atomic E-state index is 0.0416. The summed E-state index contributed by atoms with van der Waals surface area (Å²) in [6.45, 7) is 4.09. The van der Waals surface area contributed by atoms with Gasteiger partial charge in [-0.2, -0.15) is 5.10 Å². The summed E-state index contributed by atoms with van der Waals surface area (Å²) in [5, 5.41) is 17.5. The molecule has 0 unspecified atom stereocenters. The Kier molecular flexibility index (Phi) is 5.53. The maximum atomic E-state index is 12.9. The molecule has 1 fully saturated rings. The molecule has 2 heterocycles. The van der Waals surface area contributed by atoms with E-state index in [0.717, 1.165) is 10.9 Å². The number of carbonyl (C=O) groups excluding carboxylic acids is 2. The first-order valence-corrected chi connectivity index (χ1v) is 9.16. The van der Waals surface area contributed by atoms with Crippen LogP contribution < -0.4 is 5.32 Å². The number of hydrogen-bond acceptors (Lipinski definition) is 5. The minimum atomic E-state index is -1.12. The van der Waals surface area contributed by atoms with E-state index in [2.05, 4.69) is 15.2 Å². The first kappa shape index (κ1) is 19.7. The number of hydrogen-bond donors (Lipinski definition) is 2. The SMILES string of the molecule is COC(=O)C[C@@H]1C[C@H](NC(=O)c2nn(C(C)C)c3ccccc23)CN1C(=O)O. The Morgan fingerprint density at radius 2 is 2.04 bits per heavy atom. The number of nitrogens with one attached hydrogen (secondary N) is 1. The number of nitrogens with zero attached hydrogens (tertiary/aromatic N) is 3. The summed E-state index contributed by atoms with van der Waals surface area (Å²) in [6, 6.07) is 6.65. The lowest BCUT2D eigenvalue weighted by atomic mass is 10.1. The zero-order valence-electron chi connectivity index (χ0n) is 16.1. The van der Waals surface area contributed by atoms with Crippen LogP contribution in [0, 0.1) is 0 Å². The average Bonchev–Trinajstić information content (AvgIpc) is 3.23. The van der Waals surface area contributed by atoms with Gasteiger partial charge in [0, 0.05) is 30.1 Å². The van der Waals surface area contributed by atoms with Gasteiger partial charge in [-0.25, -0.2) is 4.79 Å². The quantitative estimate of drug-likeness (QED) is 0.758. The number of methoxy groups -OCH3 is 1. The molecule has 2 aromatic rings. The van der Waals surface area contributed by atoms with Gasteiger partial charge in [0.15, 0.2) is 5.69 Å². The molecule has 9 heteroatoms. The van der Waals surface area contributed by atoms with E-state index in [0.29, 0.717) is 12.1 Å². The third kappa shape index (κ3) is 3.78. The lowest BCUT2D eigenvalue weighted by Gasteiger charge is -2.19. The predicted octanol–water partition coefficient (Wildman–Crippen LogP) is 2.03. The van der Waals surface area contributed by atoms with Crippen molar-refractivity contribution in [3.05, 3.63) is 30.0 Å².